The summed E-state index contributed by atoms with van der Waals surface area (Å²) in [5.74, 6) is -13.3. The Labute approximate surface area is 414 Å². The molecule has 2 aromatic carbocycles. The Morgan fingerprint density at radius 1 is 0.932 bits per heavy atom. The monoisotopic (exact) mass is 1100 g/mol. The third-order valence-corrected chi connectivity index (χ3v) is 15.8. The van der Waals surface area contributed by atoms with Gasteiger partial charge in [-0.25, -0.2) is 30.4 Å². The fraction of sp³-hybridized carbons (Fsp3) is 0.455. The molecule has 73 heavy (non-hydrogen) atoms. The number of aromatic nitrogens is 5. The molecule has 1 aliphatic carbocycles. The van der Waals surface area contributed by atoms with Crippen LogP contribution in [0, 0.1) is 17.6 Å². The lowest BCUT2D eigenvalue weighted by Gasteiger charge is -2.25. The second-order valence-corrected chi connectivity index (χ2v) is 22.9. The number of amides is 2. The molecule has 0 saturated heterocycles. The number of aliphatic carboxylic acids is 1. The highest BCUT2D eigenvalue weighted by Gasteiger charge is 2.57. The minimum absolute atomic E-state index is 0.0181. The van der Waals surface area contributed by atoms with E-state index in [2.05, 4.69) is 20.5 Å². The molecule has 0 aliphatic heterocycles. The molecule has 0 unspecified atom stereocenters. The van der Waals surface area contributed by atoms with Gasteiger partial charge in [0.05, 0.1) is 45.1 Å². The van der Waals surface area contributed by atoms with Gasteiger partial charge < -0.3 is 15.2 Å². The molecule has 0 saturated carbocycles. The Balaban J connectivity index is 1.63. The van der Waals surface area contributed by atoms with Gasteiger partial charge in [0.25, 0.3) is 5.92 Å². The van der Waals surface area contributed by atoms with Crippen molar-refractivity contribution in [1.29, 1.82) is 0 Å². The van der Waals surface area contributed by atoms with Crippen molar-refractivity contribution in [2.24, 2.45) is 5.92 Å². The van der Waals surface area contributed by atoms with Crippen molar-refractivity contribution in [3.63, 3.8) is 0 Å². The molecule has 16 nitrogen and oxygen atoms in total. The molecule has 2 amide bonds. The lowest BCUT2D eigenvalue weighted by Crippen LogP contribution is -2.37. The van der Waals surface area contributed by atoms with Gasteiger partial charge in [0.2, 0.25) is 15.9 Å². The number of sulfone groups is 1. The quantitative estimate of drug-likeness (QED) is 0.0836. The van der Waals surface area contributed by atoms with Crippen molar-refractivity contribution in [3.8, 4) is 11.1 Å². The number of carbonyl (C=O) groups excluding carboxylic acids is 2. The second kappa shape index (κ2) is 20.0. The number of sulfonamides is 1. The molecule has 5 aromatic rings. The number of anilines is 1. The van der Waals surface area contributed by atoms with Gasteiger partial charge in [0.1, 0.15) is 37.0 Å². The number of fused-ring (bicyclic) bond motifs is 2. The number of hydrogen-bond donors (Lipinski definition) is 2. The molecule has 1 aliphatic rings. The summed E-state index contributed by atoms with van der Waals surface area (Å²) in [5, 5.41) is 17.5. The van der Waals surface area contributed by atoms with E-state index in [1.165, 1.54) is 26.0 Å². The summed E-state index contributed by atoms with van der Waals surface area (Å²) in [6.45, 7) is 0.640. The lowest BCUT2D eigenvalue weighted by atomic mass is 9.93. The minimum Gasteiger partial charge on any atom is -0.481 e. The normalized spacial score (nSPS) is 16.6. The molecule has 3 atom stereocenters. The van der Waals surface area contributed by atoms with E-state index in [4.69, 9.17) is 21.4 Å². The maximum absolute atomic E-state index is 15.8. The van der Waals surface area contributed by atoms with Gasteiger partial charge in [-0.05, 0) is 68.9 Å². The fourth-order valence-corrected chi connectivity index (χ4v) is 9.73. The number of benzene rings is 2. The maximum atomic E-state index is 15.8. The molecule has 0 radical (unpaired) electrons. The Morgan fingerprint density at radius 2 is 1.55 bits per heavy atom. The third kappa shape index (κ3) is 12.0. The number of carbonyl (C=O) groups is 3. The topological polar surface area (TPSA) is 213 Å². The van der Waals surface area contributed by atoms with Crippen molar-refractivity contribution in [3.05, 3.63) is 93.0 Å². The zero-order valence-electron chi connectivity index (χ0n) is 39.1. The molecular weight excluding hydrogens is 1060 g/mol. The van der Waals surface area contributed by atoms with E-state index in [0.717, 1.165) is 44.4 Å². The maximum Gasteiger partial charge on any atom is 0.435 e. The molecule has 3 heterocycles. The molecular formula is C44H44ClF10N7O9S2. The molecule has 29 heteroatoms. The average molecular weight is 1100 g/mol. The standard InChI is InChI=1S/C44H44ClF10N7O9S2/c1-21-22(2)43(51,52)38-33(21)37(44(53,54)55)58-60(38)19-31(63)57-30(17-23-15-24(46)18-25(47)16-23)35-27(8-7-26(56-35)11-13-41(3,4)72(5,67)68)28-9-10-29(45)34-36(28)61(20-42(48,49)50)59-39(34)62(73(6,69)70)40(66)71-14-12-32(64)65/h7-10,15-16,18,21-22,30H,11-14,17,19-20H2,1-6H3,(H,57,63)(H,64,65)/t21-,22+,30-/m0/s1. The van der Waals surface area contributed by atoms with Crippen molar-refractivity contribution in [2.75, 3.05) is 23.4 Å². The minimum atomic E-state index is -5.27. The summed E-state index contributed by atoms with van der Waals surface area (Å²) in [4.78, 5) is 43.4. The van der Waals surface area contributed by atoms with E-state index < -0.39 is 167 Å². The number of ether oxygens (including phenoxy) is 1. The first-order chi connectivity index (χ1) is 33.4. The summed E-state index contributed by atoms with van der Waals surface area (Å²) < 4.78 is 203. The van der Waals surface area contributed by atoms with Crippen molar-refractivity contribution in [2.45, 2.75) is 101 Å². The number of halogens is 11. The molecule has 0 fully saturated rings. The van der Waals surface area contributed by atoms with Crippen LogP contribution in [0.2, 0.25) is 5.02 Å². The lowest BCUT2D eigenvalue weighted by molar-refractivity contribution is -0.143. The van der Waals surface area contributed by atoms with Gasteiger partial charge in [-0.3, -0.25) is 23.9 Å². The van der Waals surface area contributed by atoms with Crippen molar-refractivity contribution in [1.82, 2.24) is 29.9 Å². The number of pyridine rings is 1. The second-order valence-electron chi connectivity index (χ2n) is 18.0. The van der Waals surface area contributed by atoms with Gasteiger partial charge in [-0.15, -0.1) is 0 Å². The van der Waals surface area contributed by atoms with Crippen LogP contribution < -0.4 is 9.62 Å². The van der Waals surface area contributed by atoms with Crippen LogP contribution in [0.5, 0.6) is 0 Å². The van der Waals surface area contributed by atoms with Crippen LogP contribution >= 0.6 is 11.6 Å². The number of alkyl halides is 8. The highest BCUT2D eigenvalue weighted by Crippen LogP contribution is 2.55. The van der Waals surface area contributed by atoms with Crippen LogP contribution in [-0.2, 0) is 72.2 Å². The van der Waals surface area contributed by atoms with Crippen molar-refractivity contribution >= 4 is 66.2 Å². The van der Waals surface area contributed by atoms with E-state index in [0.29, 0.717) is 12.3 Å². The predicted octanol–water partition coefficient (Wildman–Crippen LogP) is 8.89. The number of hydrogen-bond acceptors (Lipinski definition) is 11. The molecule has 3 aromatic heterocycles. The molecule has 2 N–H and O–H groups in total. The SMILES string of the molecule is C[C@@H]1c2c(C(F)(F)F)nn(CC(=O)N[C@@H](Cc3cc(F)cc(F)c3)c3nc(CCC(C)(C)S(C)(=O)=O)ccc3-c3ccc(Cl)c4c(N(C(=O)OCCC(=O)O)S(C)(=O)=O)nn(CC(F)(F)F)c34)c2C(F)(F)[C@@H]1C. The molecule has 6 rings (SSSR count). The smallest absolute Gasteiger partial charge is 0.435 e. The van der Waals surface area contributed by atoms with Crippen LogP contribution in [-0.4, -0.2) is 94.5 Å². The fourth-order valence-electron chi connectivity index (χ4n) is 8.25. The first-order valence-corrected chi connectivity index (χ1v) is 25.7. The number of nitrogens with one attached hydrogen (secondary N) is 1. The summed E-state index contributed by atoms with van der Waals surface area (Å²) in [7, 11) is -8.69. The number of aryl methyl sites for hydroxylation is 1. The molecule has 0 bridgehead atoms. The molecule has 398 valence electrons. The summed E-state index contributed by atoms with van der Waals surface area (Å²) >= 11 is 6.58. The van der Waals surface area contributed by atoms with E-state index in [9.17, 15) is 66.3 Å². The Morgan fingerprint density at radius 3 is 2.11 bits per heavy atom. The number of nitrogens with zero attached hydrogens (tertiary/aromatic N) is 6. The summed E-state index contributed by atoms with van der Waals surface area (Å²) in [5.41, 5.74) is -5.76. The van der Waals surface area contributed by atoms with E-state index in [1.54, 1.807) is 0 Å². The Kier molecular flexibility index (Phi) is 15.4. The zero-order chi connectivity index (χ0) is 54.7. The van der Waals surface area contributed by atoms with E-state index in [-0.39, 0.29) is 48.9 Å². The molecule has 0 spiro atoms. The zero-order valence-corrected chi connectivity index (χ0v) is 41.5. The summed E-state index contributed by atoms with van der Waals surface area (Å²) in [6, 6.07) is 4.91. The van der Waals surface area contributed by atoms with Crippen LogP contribution in [0.1, 0.15) is 86.4 Å². The Bertz CT molecular complexity index is 3220. The summed E-state index contributed by atoms with van der Waals surface area (Å²) in [6.07, 6.45) is -12.7. The van der Waals surface area contributed by atoms with Gasteiger partial charge in [0, 0.05) is 40.6 Å². The van der Waals surface area contributed by atoms with Gasteiger partial charge in [0.15, 0.2) is 21.3 Å². The van der Waals surface area contributed by atoms with Gasteiger partial charge in [-0.2, -0.15) is 49.6 Å². The van der Waals surface area contributed by atoms with Crippen LogP contribution in [0.3, 0.4) is 0 Å². The van der Waals surface area contributed by atoms with Crippen LogP contribution in [0.15, 0.2) is 42.5 Å². The number of carboxylic acids is 1. The van der Waals surface area contributed by atoms with Crippen LogP contribution in [0.4, 0.5) is 54.5 Å². The number of carboxylic acid groups (broad SMARTS) is 1. The van der Waals surface area contributed by atoms with E-state index >= 15 is 8.78 Å². The number of rotatable bonds is 17. The van der Waals surface area contributed by atoms with Crippen LogP contribution in [0.25, 0.3) is 22.0 Å². The first kappa shape index (κ1) is 56.3. The van der Waals surface area contributed by atoms with E-state index in [1.807, 2.05) is 0 Å². The van der Waals surface area contributed by atoms with Gasteiger partial charge >= 0.3 is 24.4 Å². The average Bonchev–Trinajstić information content (AvgIpc) is 3.84. The van der Waals surface area contributed by atoms with Gasteiger partial charge in [-0.1, -0.05) is 37.6 Å². The highest BCUT2D eigenvalue weighted by molar-refractivity contribution is 7.92. The largest absolute Gasteiger partial charge is 0.481 e. The predicted molar refractivity (Wildman–Crippen MR) is 242 cm³/mol. The first-order valence-electron chi connectivity index (χ1n) is 21.6. The highest BCUT2D eigenvalue weighted by atomic mass is 35.5. The Hall–Kier alpha value is -6.03. The van der Waals surface area contributed by atoms with Crippen molar-refractivity contribution < 1.29 is 85.0 Å². The third-order valence-electron chi connectivity index (χ3n) is 12.3.